The molecule has 0 amide bonds. The van der Waals surface area contributed by atoms with Crippen molar-refractivity contribution in [1.82, 2.24) is 19.5 Å². The Labute approximate surface area is 133 Å². The lowest BCUT2D eigenvalue weighted by Gasteiger charge is -2.18. The number of aromatic nitrogens is 3. The summed E-state index contributed by atoms with van der Waals surface area (Å²) in [5.41, 5.74) is 0.477. The first-order chi connectivity index (χ1) is 11.1. The molecule has 1 aliphatic heterocycles. The average molecular weight is 314 g/mol. The molecule has 8 heteroatoms. The van der Waals surface area contributed by atoms with Crippen LogP contribution in [-0.4, -0.2) is 57.2 Å². The molecule has 0 aliphatic carbocycles. The van der Waals surface area contributed by atoms with Gasteiger partial charge in [0.15, 0.2) is 11.4 Å². The van der Waals surface area contributed by atoms with Crippen molar-refractivity contribution in [3.63, 3.8) is 0 Å². The molecule has 1 aliphatic rings. The third kappa shape index (κ3) is 2.76. The minimum atomic E-state index is -1.12. The van der Waals surface area contributed by atoms with Gasteiger partial charge in [0.25, 0.3) is 0 Å². The summed E-state index contributed by atoms with van der Waals surface area (Å²) in [6, 6.07) is 5.85. The maximum atomic E-state index is 9.41. The lowest BCUT2D eigenvalue weighted by Crippen LogP contribution is -2.30. The topological polar surface area (TPSA) is 99.0 Å². The molecule has 3 heterocycles. The fourth-order valence-electron chi connectivity index (χ4n) is 2.65. The first-order valence-electron chi connectivity index (χ1n) is 7.32. The van der Waals surface area contributed by atoms with E-state index in [0.29, 0.717) is 18.7 Å². The molecule has 8 nitrogen and oxygen atoms in total. The van der Waals surface area contributed by atoms with Crippen molar-refractivity contribution in [3.05, 3.63) is 24.2 Å². The number of aliphatic hydroxyl groups excluding tert-OH is 1. The van der Waals surface area contributed by atoms with Crippen molar-refractivity contribution in [1.29, 1.82) is 5.26 Å². The van der Waals surface area contributed by atoms with Crippen LogP contribution in [0, 0.1) is 11.3 Å². The second kappa shape index (κ2) is 5.95. The second-order valence-electron chi connectivity index (χ2n) is 5.76. The van der Waals surface area contributed by atoms with Gasteiger partial charge in [-0.1, -0.05) is 0 Å². The lowest BCUT2D eigenvalue weighted by molar-refractivity contribution is -0.0386. The summed E-state index contributed by atoms with van der Waals surface area (Å²) < 4.78 is 7.53. The zero-order valence-corrected chi connectivity index (χ0v) is 13.0. The molecule has 0 aromatic carbocycles. The Bertz CT molecular complexity index is 778. The minimum absolute atomic E-state index is 0.287. The predicted octanol–water partition coefficient (Wildman–Crippen LogP) is 1.06. The average Bonchev–Trinajstić information content (AvgIpc) is 3.17. The maximum absolute atomic E-state index is 9.41. The molecule has 23 heavy (non-hydrogen) atoms. The minimum Gasteiger partial charge on any atom is -0.392 e. The highest BCUT2D eigenvalue weighted by atomic mass is 16.5. The molecule has 0 saturated carbocycles. The number of hydrogen-bond donors (Lipinski definition) is 1. The largest absolute Gasteiger partial charge is 0.392 e. The first-order valence-corrected chi connectivity index (χ1v) is 7.32. The van der Waals surface area contributed by atoms with Crippen molar-refractivity contribution in [2.45, 2.75) is 24.5 Å². The Morgan fingerprint density at radius 3 is 3.09 bits per heavy atom. The predicted molar refractivity (Wildman–Crippen MR) is 83.3 cm³/mol. The first kappa shape index (κ1) is 15.4. The van der Waals surface area contributed by atoms with Crippen LogP contribution in [0.15, 0.2) is 23.5 Å². The molecule has 1 fully saturated rings. The molecule has 2 aromatic rings. The summed E-state index contributed by atoms with van der Waals surface area (Å²) in [4.78, 5) is 10.3. The highest BCUT2D eigenvalue weighted by Gasteiger charge is 2.41. The highest BCUT2D eigenvalue weighted by Crippen LogP contribution is 2.39. The van der Waals surface area contributed by atoms with E-state index in [1.165, 1.54) is 6.33 Å². The highest BCUT2D eigenvalue weighted by molar-refractivity contribution is 5.70. The van der Waals surface area contributed by atoms with E-state index >= 15 is 0 Å². The van der Waals surface area contributed by atoms with E-state index in [2.05, 4.69) is 21.1 Å². The molecular weight excluding hydrogens is 296 g/mol. The van der Waals surface area contributed by atoms with Gasteiger partial charge in [-0.05, 0) is 25.0 Å². The van der Waals surface area contributed by atoms with E-state index in [1.807, 2.05) is 31.1 Å². The van der Waals surface area contributed by atoms with Crippen molar-refractivity contribution in [3.8, 4) is 6.07 Å². The smallest absolute Gasteiger partial charge is 0.181 e. The number of aliphatic hydroxyl groups is 1. The molecule has 3 rings (SSSR count). The quantitative estimate of drug-likeness (QED) is 0.669. The molecule has 2 aromatic heterocycles. The van der Waals surface area contributed by atoms with Crippen LogP contribution in [0.1, 0.15) is 24.6 Å². The molecule has 1 saturated heterocycles. The number of fused-ring (bicyclic) bond motifs is 1. The number of ether oxygens (including phenoxy) is 1. The zero-order valence-electron chi connectivity index (χ0n) is 13.0. The normalized spacial score (nSPS) is 24.3. The van der Waals surface area contributed by atoms with E-state index in [0.717, 1.165) is 11.2 Å². The lowest BCUT2D eigenvalue weighted by atomic mass is 10.0. The van der Waals surface area contributed by atoms with Gasteiger partial charge in [-0.2, -0.15) is 10.4 Å². The van der Waals surface area contributed by atoms with Gasteiger partial charge in [-0.3, -0.25) is 0 Å². The van der Waals surface area contributed by atoms with E-state index in [4.69, 9.17) is 4.74 Å². The Hall–Kier alpha value is -2.50. The molecule has 120 valence electrons. The van der Waals surface area contributed by atoms with Crippen LogP contribution in [0.5, 0.6) is 0 Å². The molecule has 0 unspecified atom stereocenters. The number of nitriles is 1. The number of aliphatic imine (C=N–C) groups is 1. The fraction of sp³-hybridized carbons (Fsp3) is 0.467. The summed E-state index contributed by atoms with van der Waals surface area (Å²) in [7, 11) is 3.77. The van der Waals surface area contributed by atoms with Crippen LogP contribution < -0.4 is 0 Å². The summed E-state index contributed by atoms with van der Waals surface area (Å²) >= 11 is 0. The Kier molecular flexibility index (Phi) is 3.98. The van der Waals surface area contributed by atoms with Crippen molar-refractivity contribution in [2.75, 3.05) is 20.7 Å². The van der Waals surface area contributed by atoms with Crippen LogP contribution in [0.25, 0.3) is 5.52 Å². The third-order valence-electron chi connectivity index (χ3n) is 3.84. The molecule has 0 spiro atoms. The number of rotatable bonds is 4. The molecule has 2 atom stereocenters. The zero-order chi connectivity index (χ0) is 16.4. The van der Waals surface area contributed by atoms with Gasteiger partial charge in [-0.15, -0.1) is 0 Å². The summed E-state index contributed by atoms with van der Waals surface area (Å²) in [5, 5.41) is 22.9. The van der Waals surface area contributed by atoms with Gasteiger partial charge in [0.05, 0.1) is 18.6 Å². The van der Waals surface area contributed by atoms with Crippen LogP contribution in [0.3, 0.4) is 0 Å². The third-order valence-corrected chi connectivity index (χ3v) is 3.84. The Balaban J connectivity index is 1.95. The second-order valence-corrected chi connectivity index (χ2v) is 5.76. The number of nitrogens with zero attached hydrogens (tertiary/aromatic N) is 6. The van der Waals surface area contributed by atoms with Gasteiger partial charge in [0.1, 0.15) is 24.0 Å². The van der Waals surface area contributed by atoms with Crippen molar-refractivity contribution < 1.29 is 9.84 Å². The SMILES string of the molecule is CN(C)C=Nc1ncnn2c([C@H]3CC[C@@](C#N)(CO)O3)ccc12. The van der Waals surface area contributed by atoms with Crippen molar-refractivity contribution >= 4 is 17.7 Å². The van der Waals surface area contributed by atoms with E-state index in [1.54, 1.807) is 10.9 Å². The van der Waals surface area contributed by atoms with E-state index in [9.17, 15) is 10.4 Å². The van der Waals surface area contributed by atoms with E-state index in [-0.39, 0.29) is 12.7 Å². The molecule has 0 radical (unpaired) electrons. The van der Waals surface area contributed by atoms with Crippen LogP contribution in [0.4, 0.5) is 5.82 Å². The van der Waals surface area contributed by atoms with Gasteiger partial charge in [0, 0.05) is 14.1 Å². The van der Waals surface area contributed by atoms with Crippen molar-refractivity contribution in [2.24, 2.45) is 4.99 Å². The molecule has 0 bridgehead atoms. The summed E-state index contributed by atoms with van der Waals surface area (Å²) in [6.07, 6.45) is 3.98. The summed E-state index contributed by atoms with van der Waals surface area (Å²) in [5.74, 6) is 0.562. The standard InChI is InChI=1S/C15H18N6O2/c1-20(2)10-18-14-12-4-3-11(21(12)19-9-17-14)13-5-6-15(7-16,8-22)23-13/h3-4,9-10,13,22H,5-6,8H2,1-2H3/t13-,15-/m1/s1. The van der Waals surface area contributed by atoms with Gasteiger partial charge in [-0.25, -0.2) is 14.5 Å². The van der Waals surface area contributed by atoms with E-state index < -0.39 is 5.60 Å². The van der Waals surface area contributed by atoms with Gasteiger partial charge in [0.2, 0.25) is 0 Å². The molecule has 1 N–H and O–H groups in total. The monoisotopic (exact) mass is 314 g/mol. The molecular formula is C15H18N6O2. The Morgan fingerprint density at radius 2 is 2.43 bits per heavy atom. The maximum Gasteiger partial charge on any atom is 0.181 e. The summed E-state index contributed by atoms with van der Waals surface area (Å²) in [6.45, 7) is -0.309. The van der Waals surface area contributed by atoms with Gasteiger partial charge < -0.3 is 14.7 Å². The fourth-order valence-corrected chi connectivity index (χ4v) is 2.65. The Morgan fingerprint density at radius 1 is 1.61 bits per heavy atom. The van der Waals surface area contributed by atoms with Crippen LogP contribution in [0.2, 0.25) is 0 Å². The van der Waals surface area contributed by atoms with Gasteiger partial charge >= 0.3 is 0 Å². The van der Waals surface area contributed by atoms with Crippen LogP contribution in [-0.2, 0) is 4.74 Å². The number of hydrogen-bond acceptors (Lipinski definition) is 6. The van der Waals surface area contributed by atoms with Crippen LogP contribution >= 0.6 is 0 Å².